The number of nitrogens with zero attached hydrogens (tertiary/aromatic N) is 1. The number of benzene rings is 1. The Morgan fingerprint density at radius 1 is 1.33 bits per heavy atom. The summed E-state index contributed by atoms with van der Waals surface area (Å²) in [6, 6.07) is 5.28. The summed E-state index contributed by atoms with van der Waals surface area (Å²) >= 11 is 0. The highest BCUT2D eigenvalue weighted by Gasteiger charge is 2.45. The van der Waals surface area contributed by atoms with E-state index >= 15 is 0 Å². The molecular weight excluding hydrogens is 280 g/mol. The first kappa shape index (κ1) is 14.8. The topological polar surface area (TPSA) is 119 Å². The van der Waals surface area contributed by atoms with E-state index in [-0.39, 0.29) is 12.3 Å². The summed E-state index contributed by atoms with van der Waals surface area (Å²) in [6.07, 6.45) is 1.58. The number of hydrogen-bond acceptors (Lipinski definition) is 5. The van der Waals surface area contributed by atoms with Gasteiger partial charge in [0, 0.05) is 12.1 Å². The van der Waals surface area contributed by atoms with Gasteiger partial charge in [-0.15, -0.1) is 0 Å². The SMILES string of the molecule is O=C(COc1ccc([N+](=O)[O-])cc1)NC1(C(=O)O)CCC1. The number of rotatable bonds is 6. The van der Waals surface area contributed by atoms with Crippen LogP contribution in [-0.2, 0) is 9.59 Å². The van der Waals surface area contributed by atoms with E-state index in [1.165, 1.54) is 24.3 Å². The van der Waals surface area contributed by atoms with Gasteiger partial charge >= 0.3 is 5.97 Å². The number of carboxylic acids is 1. The molecular formula is C13H14N2O6. The molecule has 1 aliphatic carbocycles. The third-order valence-corrected chi connectivity index (χ3v) is 3.41. The number of nitro groups is 1. The number of ether oxygens (including phenoxy) is 1. The molecule has 8 heteroatoms. The largest absolute Gasteiger partial charge is 0.484 e. The number of nitrogens with one attached hydrogen (secondary N) is 1. The van der Waals surface area contributed by atoms with Gasteiger partial charge in [-0.05, 0) is 31.4 Å². The van der Waals surface area contributed by atoms with E-state index in [1.807, 2.05) is 0 Å². The standard InChI is InChI=1S/C13H14N2O6/c16-11(14-13(12(17)18)6-1-7-13)8-21-10-4-2-9(3-5-10)15(19)20/h2-5H,1,6-8H2,(H,14,16)(H,17,18). The van der Waals surface area contributed by atoms with Gasteiger partial charge in [0.15, 0.2) is 6.61 Å². The molecule has 8 nitrogen and oxygen atoms in total. The molecule has 0 radical (unpaired) electrons. The van der Waals surface area contributed by atoms with Crippen LogP contribution in [-0.4, -0.2) is 34.1 Å². The van der Waals surface area contributed by atoms with Gasteiger partial charge in [-0.25, -0.2) is 4.79 Å². The number of aliphatic carboxylic acids is 1. The lowest BCUT2D eigenvalue weighted by Gasteiger charge is -2.38. The molecule has 1 amide bonds. The summed E-state index contributed by atoms with van der Waals surface area (Å²) < 4.78 is 5.17. The molecule has 1 fully saturated rings. The average molecular weight is 294 g/mol. The van der Waals surface area contributed by atoms with Crippen LogP contribution in [0.3, 0.4) is 0 Å². The Balaban J connectivity index is 1.86. The van der Waals surface area contributed by atoms with Crippen molar-refractivity contribution in [3.05, 3.63) is 34.4 Å². The summed E-state index contributed by atoms with van der Waals surface area (Å²) in [7, 11) is 0. The van der Waals surface area contributed by atoms with Crippen LogP contribution in [0.25, 0.3) is 0 Å². The zero-order valence-electron chi connectivity index (χ0n) is 11.1. The van der Waals surface area contributed by atoms with E-state index in [1.54, 1.807) is 0 Å². The van der Waals surface area contributed by atoms with Gasteiger partial charge in [0.05, 0.1) is 4.92 Å². The second-order valence-electron chi connectivity index (χ2n) is 4.83. The Morgan fingerprint density at radius 3 is 2.38 bits per heavy atom. The van der Waals surface area contributed by atoms with Crippen molar-refractivity contribution in [2.45, 2.75) is 24.8 Å². The molecule has 0 aromatic heterocycles. The number of carbonyl (C=O) groups excluding carboxylic acids is 1. The molecule has 112 valence electrons. The molecule has 0 saturated heterocycles. The minimum atomic E-state index is -1.17. The minimum absolute atomic E-state index is 0.0777. The van der Waals surface area contributed by atoms with Crippen LogP contribution in [0.4, 0.5) is 5.69 Å². The molecule has 0 heterocycles. The first-order valence-electron chi connectivity index (χ1n) is 6.35. The quantitative estimate of drug-likeness (QED) is 0.599. The molecule has 0 spiro atoms. The lowest BCUT2D eigenvalue weighted by Crippen LogP contribution is -2.59. The summed E-state index contributed by atoms with van der Waals surface area (Å²) in [4.78, 5) is 32.7. The second kappa shape index (κ2) is 5.78. The third-order valence-electron chi connectivity index (χ3n) is 3.41. The van der Waals surface area contributed by atoms with Crippen LogP contribution < -0.4 is 10.1 Å². The fraction of sp³-hybridized carbons (Fsp3) is 0.385. The molecule has 1 aromatic carbocycles. The van der Waals surface area contributed by atoms with Crippen LogP contribution in [0.2, 0.25) is 0 Å². The molecule has 2 rings (SSSR count). The highest BCUT2D eigenvalue weighted by atomic mass is 16.6. The van der Waals surface area contributed by atoms with Crippen LogP contribution in [0.15, 0.2) is 24.3 Å². The molecule has 1 aromatic rings. The molecule has 21 heavy (non-hydrogen) atoms. The normalized spacial score (nSPS) is 15.6. The van der Waals surface area contributed by atoms with Crippen LogP contribution in [0.5, 0.6) is 5.75 Å². The maximum atomic E-state index is 11.7. The zero-order chi connectivity index (χ0) is 15.5. The Bertz CT molecular complexity index is 565. The predicted molar refractivity (Wildman–Crippen MR) is 71.0 cm³/mol. The highest BCUT2D eigenvalue weighted by Crippen LogP contribution is 2.31. The van der Waals surface area contributed by atoms with Gasteiger partial charge < -0.3 is 15.2 Å². The van der Waals surface area contributed by atoms with E-state index in [9.17, 15) is 19.7 Å². The van der Waals surface area contributed by atoms with Crippen LogP contribution >= 0.6 is 0 Å². The first-order chi connectivity index (χ1) is 9.93. The average Bonchev–Trinajstić information content (AvgIpc) is 2.40. The molecule has 1 saturated carbocycles. The van der Waals surface area contributed by atoms with Gasteiger partial charge in [0.2, 0.25) is 0 Å². The van der Waals surface area contributed by atoms with Gasteiger partial charge in [0.25, 0.3) is 11.6 Å². The van der Waals surface area contributed by atoms with Crippen molar-refractivity contribution in [2.75, 3.05) is 6.61 Å². The summed E-state index contributed by atoms with van der Waals surface area (Å²) in [6.45, 7) is -0.340. The molecule has 2 N–H and O–H groups in total. The van der Waals surface area contributed by atoms with Crippen molar-refractivity contribution >= 4 is 17.6 Å². The summed E-state index contributed by atoms with van der Waals surface area (Å²) in [5.74, 6) is -1.28. The number of amides is 1. The van der Waals surface area contributed by atoms with Gasteiger partial charge in [-0.2, -0.15) is 0 Å². The number of non-ortho nitro benzene ring substituents is 1. The van der Waals surface area contributed by atoms with Crippen molar-refractivity contribution in [2.24, 2.45) is 0 Å². The lowest BCUT2D eigenvalue weighted by atomic mass is 9.77. The van der Waals surface area contributed by atoms with E-state index in [4.69, 9.17) is 9.84 Å². The van der Waals surface area contributed by atoms with Gasteiger partial charge in [-0.1, -0.05) is 0 Å². The maximum Gasteiger partial charge on any atom is 0.329 e. The summed E-state index contributed by atoms with van der Waals surface area (Å²) in [5.41, 5.74) is -1.25. The molecule has 0 unspecified atom stereocenters. The van der Waals surface area contributed by atoms with Gasteiger partial charge in [-0.3, -0.25) is 14.9 Å². The number of carboxylic acid groups (broad SMARTS) is 1. The predicted octanol–water partition coefficient (Wildman–Crippen LogP) is 1.10. The number of nitro benzene ring substituents is 1. The Kier molecular flexibility index (Phi) is 4.06. The van der Waals surface area contributed by atoms with Crippen LogP contribution in [0, 0.1) is 10.1 Å². The van der Waals surface area contributed by atoms with Crippen LogP contribution in [0.1, 0.15) is 19.3 Å². The van der Waals surface area contributed by atoms with E-state index in [2.05, 4.69) is 5.32 Å². The van der Waals surface area contributed by atoms with Crippen molar-refractivity contribution in [3.63, 3.8) is 0 Å². The smallest absolute Gasteiger partial charge is 0.329 e. The van der Waals surface area contributed by atoms with Crippen molar-refractivity contribution < 1.29 is 24.4 Å². The van der Waals surface area contributed by atoms with Gasteiger partial charge in [0.1, 0.15) is 11.3 Å². The molecule has 0 bridgehead atoms. The highest BCUT2D eigenvalue weighted by molar-refractivity contribution is 5.88. The second-order valence-corrected chi connectivity index (χ2v) is 4.83. The molecule has 1 aliphatic rings. The molecule has 0 aliphatic heterocycles. The van der Waals surface area contributed by atoms with E-state index in [0.29, 0.717) is 18.6 Å². The third kappa shape index (κ3) is 3.28. The first-order valence-corrected chi connectivity index (χ1v) is 6.35. The molecule has 0 atom stereocenters. The fourth-order valence-electron chi connectivity index (χ4n) is 2.04. The Morgan fingerprint density at radius 2 is 1.95 bits per heavy atom. The van der Waals surface area contributed by atoms with Crippen molar-refractivity contribution in [1.29, 1.82) is 0 Å². The monoisotopic (exact) mass is 294 g/mol. The number of carbonyl (C=O) groups is 2. The zero-order valence-corrected chi connectivity index (χ0v) is 11.1. The van der Waals surface area contributed by atoms with E-state index < -0.39 is 22.3 Å². The van der Waals surface area contributed by atoms with E-state index in [0.717, 1.165) is 6.42 Å². The lowest BCUT2D eigenvalue weighted by molar-refractivity contribution is -0.384. The Labute approximate surface area is 119 Å². The number of hydrogen-bond donors (Lipinski definition) is 2. The minimum Gasteiger partial charge on any atom is -0.484 e. The fourth-order valence-corrected chi connectivity index (χ4v) is 2.04. The summed E-state index contributed by atoms with van der Waals surface area (Å²) in [5, 5.41) is 22.0. The van der Waals surface area contributed by atoms with Crippen molar-refractivity contribution in [1.82, 2.24) is 5.32 Å². The Hall–Kier alpha value is -2.64. The maximum absolute atomic E-state index is 11.7. The van der Waals surface area contributed by atoms with Crippen molar-refractivity contribution in [3.8, 4) is 5.75 Å².